The molecule has 1 unspecified atom stereocenters. The summed E-state index contributed by atoms with van der Waals surface area (Å²) in [7, 11) is 1.74. The third kappa shape index (κ3) is 4.84. The number of hydrogen-bond acceptors (Lipinski definition) is 5. The third-order valence-corrected chi connectivity index (χ3v) is 4.27. The van der Waals surface area contributed by atoms with Gasteiger partial charge in [0.2, 0.25) is 0 Å². The minimum atomic E-state index is -4.16. The molecule has 1 aromatic rings. The first kappa shape index (κ1) is 18.1. The van der Waals surface area contributed by atoms with E-state index in [-0.39, 0.29) is 5.92 Å². The molecule has 1 aromatic heterocycles. The van der Waals surface area contributed by atoms with E-state index in [1.165, 1.54) is 11.2 Å². The highest BCUT2D eigenvalue weighted by molar-refractivity contribution is 6.32. The zero-order valence-electron chi connectivity index (χ0n) is 13.2. The van der Waals surface area contributed by atoms with Crippen molar-refractivity contribution in [3.63, 3.8) is 0 Å². The lowest BCUT2D eigenvalue weighted by molar-refractivity contribution is -0.146. The molecule has 0 radical (unpaired) electrons. The van der Waals surface area contributed by atoms with Crippen LogP contribution in [0.15, 0.2) is 6.33 Å². The maximum atomic E-state index is 12.6. The van der Waals surface area contributed by atoms with E-state index in [1.807, 2.05) is 4.90 Å². The standard InChI is InChI=1S/C14H21ClF3N5/c1-3-22(8-14(16,17)18)6-10-4-5-23(7-10)13-11(19-2)12(15)20-9-21-13/h9-10,19H,3-8H2,1-2H3. The summed E-state index contributed by atoms with van der Waals surface area (Å²) in [6.07, 6.45) is -1.93. The van der Waals surface area contributed by atoms with Crippen molar-refractivity contribution in [2.24, 2.45) is 5.92 Å². The fraction of sp³-hybridized carbons (Fsp3) is 0.714. The van der Waals surface area contributed by atoms with Gasteiger partial charge in [0.05, 0.1) is 6.54 Å². The van der Waals surface area contributed by atoms with Crippen LogP contribution in [-0.4, -0.2) is 60.8 Å². The molecule has 0 aliphatic carbocycles. The SMILES string of the molecule is CCN(CC1CCN(c2ncnc(Cl)c2NC)C1)CC(F)(F)F. The van der Waals surface area contributed by atoms with Gasteiger partial charge in [-0.05, 0) is 18.9 Å². The zero-order valence-corrected chi connectivity index (χ0v) is 14.0. The molecule has 9 heteroatoms. The van der Waals surface area contributed by atoms with Crippen LogP contribution in [0.1, 0.15) is 13.3 Å². The van der Waals surface area contributed by atoms with Crippen molar-refractivity contribution in [1.29, 1.82) is 0 Å². The Morgan fingerprint density at radius 3 is 2.78 bits per heavy atom. The fourth-order valence-electron chi connectivity index (χ4n) is 2.91. The van der Waals surface area contributed by atoms with Crippen LogP contribution in [0.3, 0.4) is 0 Å². The molecular formula is C14H21ClF3N5. The molecule has 0 spiro atoms. The van der Waals surface area contributed by atoms with Gasteiger partial charge < -0.3 is 10.2 Å². The number of halogens is 4. The molecule has 1 saturated heterocycles. The number of hydrogen-bond donors (Lipinski definition) is 1. The molecule has 0 bridgehead atoms. The average molecular weight is 352 g/mol. The monoisotopic (exact) mass is 351 g/mol. The topological polar surface area (TPSA) is 44.3 Å². The van der Waals surface area contributed by atoms with E-state index in [0.717, 1.165) is 13.0 Å². The molecule has 1 fully saturated rings. The maximum absolute atomic E-state index is 12.6. The molecule has 130 valence electrons. The van der Waals surface area contributed by atoms with Crippen LogP contribution < -0.4 is 10.2 Å². The van der Waals surface area contributed by atoms with Crippen LogP contribution in [-0.2, 0) is 0 Å². The predicted molar refractivity (Wildman–Crippen MR) is 85.1 cm³/mol. The molecule has 1 aliphatic heterocycles. The molecule has 1 atom stereocenters. The highest BCUT2D eigenvalue weighted by Gasteiger charge is 2.33. The second-order valence-electron chi connectivity index (χ2n) is 5.66. The molecule has 1 N–H and O–H groups in total. The van der Waals surface area contributed by atoms with Crippen LogP contribution in [0.2, 0.25) is 5.15 Å². The van der Waals surface area contributed by atoms with Gasteiger partial charge in [-0.15, -0.1) is 0 Å². The van der Waals surface area contributed by atoms with Gasteiger partial charge >= 0.3 is 6.18 Å². The van der Waals surface area contributed by atoms with Crippen molar-refractivity contribution < 1.29 is 13.2 Å². The summed E-state index contributed by atoms with van der Waals surface area (Å²) in [4.78, 5) is 11.7. The molecular weight excluding hydrogens is 331 g/mol. The van der Waals surface area contributed by atoms with Crippen LogP contribution in [0.5, 0.6) is 0 Å². The van der Waals surface area contributed by atoms with E-state index >= 15 is 0 Å². The summed E-state index contributed by atoms with van der Waals surface area (Å²) in [6, 6.07) is 0. The smallest absolute Gasteiger partial charge is 0.383 e. The van der Waals surface area contributed by atoms with E-state index in [1.54, 1.807) is 14.0 Å². The van der Waals surface area contributed by atoms with Crippen molar-refractivity contribution in [3.05, 3.63) is 11.5 Å². The minimum Gasteiger partial charge on any atom is -0.383 e. The Kier molecular flexibility index (Phi) is 5.91. The van der Waals surface area contributed by atoms with Gasteiger partial charge in [0.25, 0.3) is 0 Å². The summed E-state index contributed by atoms with van der Waals surface area (Å²) >= 11 is 6.05. The lowest BCUT2D eigenvalue weighted by Crippen LogP contribution is -2.38. The molecule has 5 nitrogen and oxygen atoms in total. The highest BCUT2D eigenvalue weighted by Crippen LogP contribution is 2.32. The van der Waals surface area contributed by atoms with Crippen LogP contribution in [0, 0.1) is 5.92 Å². The molecule has 23 heavy (non-hydrogen) atoms. The number of aromatic nitrogens is 2. The lowest BCUT2D eigenvalue weighted by atomic mass is 10.1. The number of nitrogens with zero attached hydrogens (tertiary/aromatic N) is 4. The van der Waals surface area contributed by atoms with Gasteiger partial charge in [-0.2, -0.15) is 13.2 Å². The molecule has 1 aliphatic rings. The zero-order chi connectivity index (χ0) is 17.0. The van der Waals surface area contributed by atoms with E-state index in [9.17, 15) is 13.2 Å². The third-order valence-electron chi connectivity index (χ3n) is 3.98. The van der Waals surface area contributed by atoms with E-state index < -0.39 is 12.7 Å². The quantitative estimate of drug-likeness (QED) is 0.798. The fourth-order valence-corrected chi connectivity index (χ4v) is 3.13. The van der Waals surface area contributed by atoms with E-state index in [4.69, 9.17) is 11.6 Å². The molecule has 0 saturated carbocycles. The van der Waals surface area contributed by atoms with Gasteiger partial charge in [0.15, 0.2) is 11.0 Å². The number of rotatable bonds is 6. The van der Waals surface area contributed by atoms with Crippen molar-refractivity contribution >= 4 is 23.1 Å². The van der Waals surface area contributed by atoms with Gasteiger partial charge in [0.1, 0.15) is 12.0 Å². The normalized spacial score (nSPS) is 18.7. The Morgan fingerprint density at radius 1 is 1.43 bits per heavy atom. The number of alkyl halides is 3. The average Bonchev–Trinajstić information content (AvgIpc) is 2.93. The van der Waals surface area contributed by atoms with Crippen molar-refractivity contribution in [3.8, 4) is 0 Å². The van der Waals surface area contributed by atoms with Crippen LogP contribution in [0.25, 0.3) is 0 Å². The van der Waals surface area contributed by atoms with Crippen LogP contribution in [0.4, 0.5) is 24.7 Å². The summed E-state index contributed by atoms with van der Waals surface area (Å²) in [5.41, 5.74) is 0.650. The van der Waals surface area contributed by atoms with Gasteiger partial charge in [-0.25, -0.2) is 9.97 Å². The summed E-state index contributed by atoms with van der Waals surface area (Å²) < 4.78 is 37.7. The predicted octanol–water partition coefficient (Wildman–Crippen LogP) is 2.88. The second kappa shape index (κ2) is 7.53. The lowest BCUT2D eigenvalue weighted by Gasteiger charge is -2.25. The molecule has 0 aromatic carbocycles. The van der Waals surface area contributed by atoms with E-state index in [2.05, 4.69) is 15.3 Å². The first-order chi connectivity index (χ1) is 10.8. The Bertz CT molecular complexity index is 526. The van der Waals surface area contributed by atoms with Crippen LogP contribution >= 0.6 is 11.6 Å². The summed E-state index contributed by atoms with van der Waals surface area (Å²) in [5, 5.41) is 3.32. The molecule has 2 rings (SSSR count). The van der Waals surface area contributed by atoms with Crippen molar-refractivity contribution in [1.82, 2.24) is 14.9 Å². The Balaban J connectivity index is 2.00. The largest absolute Gasteiger partial charge is 0.401 e. The summed E-state index contributed by atoms with van der Waals surface area (Å²) in [6.45, 7) is 3.12. The maximum Gasteiger partial charge on any atom is 0.401 e. The minimum absolute atomic E-state index is 0.177. The Morgan fingerprint density at radius 2 is 2.17 bits per heavy atom. The Hall–Kier alpha value is -1.28. The number of nitrogens with one attached hydrogen (secondary N) is 1. The first-order valence-electron chi connectivity index (χ1n) is 7.56. The first-order valence-corrected chi connectivity index (χ1v) is 7.94. The Labute approximate surface area is 138 Å². The van der Waals surface area contributed by atoms with E-state index in [0.29, 0.717) is 36.3 Å². The molecule has 0 amide bonds. The van der Waals surface area contributed by atoms with Crippen molar-refractivity contribution in [2.45, 2.75) is 19.5 Å². The van der Waals surface area contributed by atoms with Gasteiger partial charge in [-0.1, -0.05) is 18.5 Å². The van der Waals surface area contributed by atoms with Gasteiger partial charge in [0, 0.05) is 26.7 Å². The number of anilines is 2. The van der Waals surface area contributed by atoms with Crippen molar-refractivity contribution in [2.75, 3.05) is 50.0 Å². The summed E-state index contributed by atoms with van der Waals surface area (Å²) in [5.74, 6) is 0.879. The molecule has 2 heterocycles. The van der Waals surface area contributed by atoms with Gasteiger partial charge in [-0.3, -0.25) is 4.90 Å². The second-order valence-corrected chi connectivity index (χ2v) is 6.01. The highest BCUT2D eigenvalue weighted by atomic mass is 35.5.